The van der Waals surface area contributed by atoms with Crippen molar-refractivity contribution in [3.8, 4) is 0 Å². The van der Waals surface area contributed by atoms with E-state index in [0.717, 1.165) is 25.1 Å². The minimum atomic E-state index is -0.494. The van der Waals surface area contributed by atoms with Crippen molar-refractivity contribution >= 4 is 6.09 Å². The molecule has 4 nitrogen and oxygen atoms in total. The SMILES string of the molecule is CC1CC(NC(=O)OC(C)(C)C)CN(Cc2cccc(F)c2)C1. The number of benzene rings is 1. The molecular weight excluding hydrogens is 295 g/mol. The average molecular weight is 322 g/mol. The van der Waals surface area contributed by atoms with Crippen molar-refractivity contribution in [2.75, 3.05) is 13.1 Å². The van der Waals surface area contributed by atoms with Gasteiger partial charge in [-0.2, -0.15) is 0 Å². The van der Waals surface area contributed by atoms with Crippen molar-refractivity contribution in [3.63, 3.8) is 0 Å². The number of nitrogens with one attached hydrogen (secondary N) is 1. The van der Waals surface area contributed by atoms with Gasteiger partial charge in [-0.25, -0.2) is 9.18 Å². The highest BCUT2D eigenvalue weighted by Crippen LogP contribution is 2.19. The molecule has 0 spiro atoms. The lowest BCUT2D eigenvalue weighted by Crippen LogP contribution is -2.50. The van der Waals surface area contributed by atoms with Gasteiger partial charge in [0.15, 0.2) is 0 Å². The monoisotopic (exact) mass is 322 g/mol. The molecule has 2 rings (SSSR count). The molecular formula is C18H27FN2O2. The molecule has 0 radical (unpaired) electrons. The van der Waals surface area contributed by atoms with Gasteiger partial charge in [-0.1, -0.05) is 19.1 Å². The maximum atomic E-state index is 13.3. The first-order valence-electron chi connectivity index (χ1n) is 8.17. The van der Waals surface area contributed by atoms with Crippen LogP contribution in [0.2, 0.25) is 0 Å². The summed E-state index contributed by atoms with van der Waals surface area (Å²) in [5, 5.41) is 2.96. The molecule has 5 heteroatoms. The zero-order valence-electron chi connectivity index (χ0n) is 14.4. The van der Waals surface area contributed by atoms with E-state index in [-0.39, 0.29) is 18.0 Å². The van der Waals surface area contributed by atoms with Crippen LogP contribution >= 0.6 is 0 Å². The van der Waals surface area contributed by atoms with E-state index in [0.29, 0.717) is 12.5 Å². The van der Waals surface area contributed by atoms with Gasteiger partial charge in [0.1, 0.15) is 11.4 Å². The fourth-order valence-electron chi connectivity index (χ4n) is 3.06. The highest BCUT2D eigenvalue weighted by atomic mass is 19.1. The first-order chi connectivity index (χ1) is 10.7. The van der Waals surface area contributed by atoms with Crippen LogP contribution in [0.4, 0.5) is 9.18 Å². The molecule has 0 aromatic heterocycles. The fourth-order valence-corrected chi connectivity index (χ4v) is 3.06. The van der Waals surface area contributed by atoms with E-state index in [4.69, 9.17) is 4.74 Å². The van der Waals surface area contributed by atoms with E-state index in [1.165, 1.54) is 6.07 Å². The lowest BCUT2D eigenvalue weighted by atomic mass is 9.95. The summed E-state index contributed by atoms with van der Waals surface area (Å²) < 4.78 is 18.6. The van der Waals surface area contributed by atoms with Crippen LogP contribution in [0.15, 0.2) is 24.3 Å². The number of nitrogens with zero attached hydrogens (tertiary/aromatic N) is 1. The predicted octanol–water partition coefficient (Wildman–Crippen LogP) is 3.56. The van der Waals surface area contributed by atoms with Crippen LogP contribution in [0.3, 0.4) is 0 Å². The Morgan fingerprint density at radius 2 is 2.13 bits per heavy atom. The van der Waals surface area contributed by atoms with Crippen LogP contribution in [-0.2, 0) is 11.3 Å². The van der Waals surface area contributed by atoms with E-state index in [1.807, 2.05) is 26.8 Å². The number of halogens is 1. The van der Waals surface area contributed by atoms with E-state index in [2.05, 4.69) is 17.1 Å². The van der Waals surface area contributed by atoms with Crippen LogP contribution in [0.1, 0.15) is 39.7 Å². The van der Waals surface area contributed by atoms with Crippen molar-refractivity contribution in [2.24, 2.45) is 5.92 Å². The normalized spacial score (nSPS) is 22.7. The predicted molar refractivity (Wildman–Crippen MR) is 88.6 cm³/mol. The molecule has 1 saturated heterocycles. The van der Waals surface area contributed by atoms with Gasteiger partial charge in [-0.05, 0) is 50.8 Å². The van der Waals surface area contributed by atoms with Crippen molar-refractivity contribution in [1.29, 1.82) is 0 Å². The molecule has 2 atom stereocenters. The molecule has 1 aromatic carbocycles. The number of piperidine rings is 1. The Morgan fingerprint density at radius 1 is 1.39 bits per heavy atom. The van der Waals surface area contributed by atoms with Crippen molar-refractivity contribution in [3.05, 3.63) is 35.6 Å². The summed E-state index contributed by atoms with van der Waals surface area (Å²) in [6.45, 7) is 10.1. The second-order valence-electron chi connectivity index (χ2n) is 7.51. The Labute approximate surface area is 138 Å². The summed E-state index contributed by atoms with van der Waals surface area (Å²) in [5.41, 5.74) is 0.459. The van der Waals surface area contributed by atoms with Crippen LogP contribution < -0.4 is 5.32 Å². The number of carbonyl (C=O) groups is 1. The maximum Gasteiger partial charge on any atom is 0.407 e. The van der Waals surface area contributed by atoms with Crippen LogP contribution in [0.5, 0.6) is 0 Å². The average Bonchev–Trinajstić information content (AvgIpc) is 2.35. The molecule has 1 N–H and O–H groups in total. The smallest absolute Gasteiger partial charge is 0.407 e. The summed E-state index contributed by atoms with van der Waals surface area (Å²) in [7, 11) is 0. The summed E-state index contributed by atoms with van der Waals surface area (Å²) in [6.07, 6.45) is 0.557. The lowest BCUT2D eigenvalue weighted by Gasteiger charge is -2.37. The number of likely N-dealkylation sites (tertiary alicyclic amines) is 1. The van der Waals surface area contributed by atoms with Crippen LogP contribution in [-0.4, -0.2) is 35.7 Å². The Balaban J connectivity index is 1.92. The van der Waals surface area contributed by atoms with E-state index in [1.54, 1.807) is 12.1 Å². The van der Waals surface area contributed by atoms with Gasteiger partial charge in [0.05, 0.1) is 0 Å². The topological polar surface area (TPSA) is 41.6 Å². The molecule has 2 unspecified atom stereocenters. The second kappa shape index (κ2) is 7.30. The second-order valence-corrected chi connectivity index (χ2v) is 7.51. The first-order valence-corrected chi connectivity index (χ1v) is 8.17. The summed E-state index contributed by atoms with van der Waals surface area (Å²) in [6, 6.07) is 6.74. The molecule has 1 aliphatic rings. The fraction of sp³-hybridized carbons (Fsp3) is 0.611. The van der Waals surface area contributed by atoms with E-state index in [9.17, 15) is 9.18 Å². The van der Waals surface area contributed by atoms with Crippen molar-refractivity contribution in [1.82, 2.24) is 10.2 Å². The molecule has 128 valence electrons. The highest BCUT2D eigenvalue weighted by Gasteiger charge is 2.27. The number of carbonyl (C=O) groups excluding carboxylic acids is 1. The van der Waals surface area contributed by atoms with Gasteiger partial charge in [-0.3, -0.25) is 4.90 Å². The molecule has 0 aliphatic carbocycles. The lowest BCUT2D eigenvalue weighted by molar-refractivity contribution is 0.0450. The Hall–Kier alpha value is -1.62. The summed E-state index contributed by atoms with van der Waals surface area (Å²) in [4.78, 5) is 14.2. The Kier molecular flexibility index (Phi) is 5.63. The van der Waals surface area contributed by atoms with Gasteiger partial charge in [0.2, 0.25) is 0 Å². The standard InChI is InChI=1S/C18H27FN2O2/c1-13-8-16(20-17(22)23-18(2,3)4)12-21(10-13)11-14-6-5-7-15(19)9-14/h5-7,9,13,16H,8,10-12H2,1-4H3,(H,20,22). The Morgan fingerprint density at radius 3 is 2.78 bits per heavy atom. The van der Waals surface area contributed by atoms with Gasteiger partial charge in [0, 0.05) is 25.7 Å². The van der Waals surface area contributed by atoms with Crippen LogP contribution in [0.25, 0.3) is 0 Å². The highest BCUT2D eigenvalue weighted by molar-refractivity contribution is 5.68. The third kappa shape index (κ3) is 6.18. The number of ether oxygens (including phenoxy) is 1. The largest absolute Gasteiger partial charge is 0.444 e. The molecule has 1 aliphatic heterocycles. The van der Waals surface area contributed by atoms with Gasteiger partial charge in [0.25, 0.3) is 0 Å². The minimum absolute atomic E-state index is 0.0576. The zero-order valence-corrected chi connectivity index (χ0v) is 14.4. The molecule has 1 fully saturated rings. The molecule has 0 saturated carbocycles. The van der Waals surface area contributed by atoms with E-state index >= 15 is 0 Å². The third-order valence-electron chi connectivity index (χ3n) is 3.75. The van der Waals surface area contributed by atoms with Gasteiger partial charge >= 0.3 is 6.09 Å². The van der Waals surface area contributed by atoms with Crippen LogP contribution in [0, 0.1) is 11.7 Å². The first kappa shape index (κ1) is 17.7. The Bertz CT molecular complexity index is 542. The number of hydrogen-bond donors (Lipinski definition) is 1. The summed E-state index contributed by atoms with van der Waals surface area (Å²) in [5.74, 6) is 0.258. The molecule has 1 amide bonds. The van der Waals surface area contributed by atoms with Crippen molar-refractivity contribution in [2.45, 2.75) is 52.3 Å². The van der Waals surface area contributed by atoms with E-state index < -0.39 is 5.60 Å². The molecule has 23 heavy (non-hydrogen) atoms. The minimum Gasteiger partial charge on any atom is -0.444 e. The van der Waals surface area contributed by atoms with Gasteiger partial charge < -0.3 is 10.1 Å². The number of hydrogen-bond acceptors (Lipinski definition) is 3. The quantitative estimate of drug-likeness (QED) is 0.925. The number of rotatable bonds is 3. The molecule has 1 aromatic rings. The van der Waals surface area contributed by atoms with Gasteiger partial charge in [-0.15, -0.1) is 0 Å². The molecule has 1 heterocycles. The van der Waals surface area contributed by atoms with Crippen molar-refractivity contribution < 1.29 is 13.9 Å². The summed E-state index contributed by atoms with van der Waals surface area (Å²) >= 11 is 0. The number of amides is 1. The molecule has 0 bridgehead atoms. The third-order valence-corrected chi connectivity index (χ3v) is 3.75. The number of alkyl carbamates (subject to hydrolysis) is 1. The maximum absolute atomic E-state index is 13.3. The zero-order chi connectivity index (χ0) is 17.0.